The first kappa shape index (κ1) is 21.8. The molecule has 8 heteroatoms. The van der Waals surface area contributed by atoms with E-state index < -0.39 is 0 Å². The number of imidazole rings is 1. The Morgan fingerprint density at radius 1 is 0.895 bits per heavy atom. The lowest BCUT2D eigenvalue weighted by Crippen LogP contribution is -2.53. The van der Waals surface area contributed by atoms with Crippen molar-refractivity contribution >= 4 is 27.6 Å². The summed E-state index contributed by atoms with van der Waals surface area (Å²) in [6, 6.07) is 20.3. The van der Waals surface area contributed by atoms with Crippen LogP contribution < -0.4 is 20.3 Å². The molecule has 0 spiro atoms. The summed E-state index contributed by atoms with van der Waals surface area (Å²) >= 11 is 0. The van der Waals surface area contributed by atoms with Crippen LogP contribution in [0.4, 0.5) is 5.69 Å². The third-order valence-electron chi connectivity index (χ3n) is 8.33. The summed E-state index contributed by atoms with van der Waals surface area (Å²) in [4.78, 5) is 27.6. The number of aromatic nitrogens is 3. The maximum absolute atomic E-state index is 13.7. The predicted octanol–water partition coefficient (Wildman–Crippen LogP) is 4.97. The number of benzene rings is 3. The molecule has 4 aliphatic heterocycles. The summed E-state index contributed by atoms with van der Waals surface area (Å²) in [7, 11) is 0. The highest BCUT2D eigenvalue weighted by Gasteiger charge is 2.35. The summed E-state index contributed by atoms with van der Waals surface area (Å²) in [5.41, 5.74) is 5.78. The molecule has 6 heterocycles. The molecule has 0 radical (unpaired) electrons. The Balaban J connectivity index is 1.29. The molecule has 38 heavy (non-hydrogen) atoms. The van der Waals surface area contributed by atoms with Gasteiger partial charge >= 0.3 is 0 Å². The molecule has 1 atom stereocenters. The average molecular weight is 506 g/mol. The van der Waals surface area contributed by atoms with Crippen LogP contribution in [0.25, 0.3) is 44.5 Å². The zero-order valence-electron chi connectivity index (χ0n) is 20.8. The fraction of sp³-hybridized carbons (Fsp3) is 0.267. The molecule has 190 valence electrons. The highest BCUT2D eigenvalue weighted by molar-refractivity contribution is 6.00. The van der Waals surface area contributed by atoms with E-state index in [0.29, 0.717) is 23.3 Å². The van der Waals surface area contributed by atoms with E-state index in [1.165, 1.54) is 12.8 Å². The zero-order valence-corrected chi connectivity index (χ0v) is 20.8. The highest BCUT2D eigenvalue weighted by Crippen LogP contribution is 2.39. The minimum Gasteiger partial charge on any atom is -0.454 e. The van der Waals surface area contributed by atoms with Crippen LogP contribution in [-0.4, -0.2) is 52.3 Å². The van der Waals surface area contributed by atoms with Gasteiger partial charge in [0.25, 0.3) is 5.56 Å². The standard InChI is InChI=1S/C30H27N5O3/c36-30-27(29-32-21-3-1-2-4-22(21)33-29)28(31-24-15-35-11-9-17(24)10-12-35)20-7-5-18(13-23(20)34-30)19-6-8-25-26(14-19)38-16-37-25/h1-8,13-14,17,24H,9-12,15-16H2,(H,32,33)(H2,31,34,36)/t24-/m0/s1. The number of rotatable bonds is 4. The summed E-state index contributed by atoms with van der Waals surface area (Å²) in [5.74, 6) is 2.67. The normalized spacial score (nSPS) is 21.8. The fourth-order valence-corrected chi connectivity index (χ4v) is 6.32. The average Bonchev–Trinajstić information content (AvgIpc) is 3.60. The monoisotopic (exact) mass is 505 g/mol. The largest absolute Gasteiger partial charge is 0.454 e. The van der Waals surface area contributed by atoms with Crippen molar-refractivity contribution < 1.29 is 9.47 Å². The number of piperidine rings is 3. The van der Waals surface area contributed by atoms with Crippen molar-refractivity contribution in [2.24, 2.45) is 5.92 Å². The molecule has 0 amide bonds. The molecule has 4 aliphatic rings. The molecular weight excluding hydrogens is 478 g/mol. The Kier molecular flexibility index (Phi) is 4.79. The molecular formula is C30H27N5O3. The maximum Gasteiger partial charge on any atom is 0.261 e. The van der Waals surface area contributed by atoms with Crippen LogP contribution in [0.15, 0.2) is 65.5 Å². The number of ether oxygens (including phenoxy) is 2. The first-order chi connectivity index (χ1) is 18.7. The second-order valence-corrected chi connectivity index (χ2v) is 10.5. The van der Waals surface area contributed by atoms with Crippen molar-refractivity contribution in [1.82, 2.24) is 19.9 Å². The number of pyridine rings is 1. The molecule has 2 bridgehead atoms. The van der Waals surface area contributed by atoms with Crippen molar-refractivity contribution in [1.29, 1.82) is 0 Å². The van der Waals surface area contributed by atoms with Crippen LogP contribution in [-0.2, 0) is 0 Å². The number of H-pyrrole nitrogens is 2. The summed E-state index contributed by atoms with van der Waals surface area (Å²) in [5, 5.41) is 4.82. The third-order valence-corrected chi connectivity index (χ3v) is 8.33. The van der Waals surface area contributed by atoms with Gasteiger partial charge in [-0.1, -0.05) is 30.3 Å². The van der Waals surface area contributed by atoms with Gasteiger partial charge in [0.2, 0.25) is 6.79 Å². The number of nitrogens with zero attached hydrogens (tertiary/aromatic N) is 2. The van der Waals surface area contributed by atoms with Crippen LogP contribution in [0.5, 0.6) is 11.5 Å². The van der Waals surface area contributed by atoms with E-state index >= 15 is 0 Å². The van der Waals surface area contributed by atoms with E-state index in [4.69, 9.17) is 14.5 Å². The lowest BCUT2D eigenvalue weighted by molar-refractivity contribution is 0.0976. The highest BCUT2D eigenvalue weighted by atomic mass is 16.7. The number of nitrogens with one attached hydrogen (secondary N) is 3. The second kappa shape index (κ2) is 8.36. The molecule has 5 aromatic rings. The van der Waals surface area contributed by atoms with Gasteiger partial charge in [-0.15, -0.1) is 0 Å². The molecule has 3 N–H and O–H groups in total. The topological polar surface area (TPSA) is 95.3 Å². The number of hydrogen-bond acceptors (Lipinski definition) is 6. The first-order valence-electron chi connectivity index (χ1n) is 13.2. The Hall–Kier alpha value is -4.30. The lowest BCUT2D eigenvalue weighted by Gasteiger charge is -2.45. The third kappa shape index (κ3) is 3.48. The molecule has 3 aromatic carbocycles. The van der Waals surface area contributed by atoms with Crippen molar-refractivity contribution in [3.63, 3.8) is 0 Å². The van der Waals surface area contributed by atoms with E-state index in [2.05, 4.69) is 32.3 Å². The van der Waals surface area contributed by atoms with Crippen molar-refractivity contribution in [3.05, 3.63) is 71.0 Å². The van der Waals surface area contributed by atoms with Crippen LogP contribution >= 0.6 is 0 Å². The Morgan fingerprint density at radius 2 is 1.71 bits per heavy atom. The number of anilines is 1. The van der Waals surface area contributed by atoms with E-state index in [9.17, 15) is 4.79 Å². The second-order valence-electron chi connectivity index (χ2n) is 10.5. The van der Waals surface area contributed by atoms with Crippen LogP contribution in [0.2, 0.25) is 0 Å². The molecule has 8 nitrogen and oxygen atoms in total. The smallest absolute Gasteiger partial charge is 0.261 e. The summed E-state index contributed by atoms with van der Waals surface area (Å²) in [6.45, 7) is 3.55. The molecule has 0 unspecified atom stereocenters. The Morgan fingerprint density at radius 3 is 2.55 bits per heavy atom. The Bertz CT molecular complexity index is 1730. The SMILES string of the molecule is O=c1[nH]c2cc(-c3ccc4c(c3)OCO4)ccc2c(N[C@H]2CN3CCC2CC3)c1-c1nc2ccccc2[nH]1. The van der Waals surface area contributed by atoms with Crippen molar-refractivity contribution in [3.8, 4) is 34.0 Å². The number of fused-ring (bicyclic) bond motifs is 6. The van der Waals surface area contributed by atoms with Gasteiger partial charge in [0.15, 0.2) is 11.5 Å². The van der Waals surface area contributed by atoms with Gasteiger partial charge in [0.05, 0.1) is 22.2 Å². The van der Waals surface area contributed by atoms with Gasteiger partial charge in [-0.05, 0) is 73.3 Å². The molecule has 3 fully saturated rings. The molecule has 9 rings (SSSR count). The minimum atomic E-state index is -0.164. The summed E-state index contributed by atoms with van der Waals surface area (Å²) < 4.78 is 11.1. The number of hydrogen-bond donors (Lipinski definition) is 3. The van der Waals surface area contributed by atoms with E-state index in [1.54, 1.807) is 0 Å². The lowest BCUT2D eigenvalue weighted by atomic mass is 9.83. The van der Waals surface area contributed by atoms with Gasteiger partial charge < -0.3 is 29.7 Å². The predicted molar refractivity (Wildman–Crippen MR) is 148 cm³/mol. The van der Waals surface area contributed by atoms with Gasteiger partial charge in [0, 0.05) is 18.0 Å². The van der Waals surface area contributed by atoms with Gasteiger partial charge in [-0.2, -0.15) is 0 Å². The summed E-state index contributed by atoms with van der Waals surface area (Å²) in [6.07, 6.45) is 2.38. The number of aromatic amines is 2. The van der Waals surface area contributed by atoms with E-state index in [0.717, 1.165) is 69.9 Å². The maximum atomic E-state index is 13.7. The van der Waals surface area contributed by atoms with Crippen molar-refractivity contribution in [2.75, 3.05) is 31.7 Å². The van der Waals surface area contributed by atoms with E-state index in [1.807, 2.05) is 48.5 Å². The van der Waals surface area contributed by atoms with E-state index in [-0.39, 0.29) is 12.4 Å². The minimum absolute atomic E-state index is 0.164. The van der Waals surface area contributed by atoms with Gasteiger partial charge in [0.1, 0.15) is 11.4 Å². The quantitative estimate of drug-likeness (QED) is 0.319. The van der Waals surface area contributed by atoms with Crippen molar-refractivity contribution in [2.45, 2.75) is 18.9 Å². The fourth-order valence-electron chi connectivity index (χ4n) is 6.32. The molecule has 0 saturated carbocycles. The van der Waals surface area contributed by atoms with Gasteiger partial charge in [-0.3, -0.25) is 4.79 Å². The zero-order chi connectivity index (χ0) is 25.2. The van der Waals surface area contributed by atoms with Crippen LogP contribution in [0.3, 0.4) is 0 Å². The number of para-hydroxylation sites is 2. The molecule has 2 aromatic heterocycles. The molecule has 3 saturated heterocycles. The van der Waals surface area contributed by atoms with Crippen LogP contribution in [0, 0.1) is 5.92 Å². The Labute approximate surface area is 218 Å². The van der Waals surface area contributed by atoms with Gasteiger partial charge in [-0.25, -0.2) is 4.98 Å². The van der Waals surface area contributed by atoms with Crippen LogP contribution in [0.1, 0.15) is 12.8 Å². The first-order valence-corrected chi connectivity index (χ1v) is 13.2. The molecule has 0 aliphatic carbocycles.